The van der Waals surface area contributed by atoms with Crippen LogP contribution in [0.4, 0.5) is 5.82 Å². The molecule has 7 heteroatoms. The van der Waals surface area contributed by atoms with Gasteiger partial charge < -0.3 is 20.4 Å². The van der Waals surface area contributed by atoms with Crippen LogP contribution in [-0.4, -0.2) is 62.2 Å². The number of rotatable bonds is 8. The molecule has 0 bridgehead atoms. The number of anilines is 1. The number of piperazine rings is 1. The maximum Gasteiger partial charge on any atom is 0.191 e. The lowest BCUT2D eigenvalue weighted by Gasteiger charge is -2.34. The van der Waals surface area contributed by atoms with Gasteiger partial charge in [-0.1, -0.05) is 36.4 Å². The van der Waals surface area contributed by atoms with Crippen molar-refractivity contribution in [3.05, 3.63) is 59.8 Å². The molecular weight excluding hydrogens is 487 g/mol. The SMILES string of the molecule is CCNC(=NCc1cccnc1N1CCN(C)CC1)NCCCc1ccccc1.I. The lowest BCUT2D eigenvalue weighted by Crippen LogP contribution is -2.45. The van der Waals surface area contributed by atoms with Crippen molar-refractivity contribution >= 4 is 35.8 Å². The Hall–Kier alpha value is -1.87. The summed E-state index contributed by atoms with van der Waals surface area (Å²) in [6.45, 7) is 8.66. The summed E-state index contributed by atoms with van der Waals surface area (Å²) in [6, 6.07) is 14.8. The van der Waals surface area contributed by atoms with Gasteiger partial charge in [0.15, 0.2) is 5.96 Å². The third-order valence-electron chi connectivity index (χ3n) is 5.20. The quantitative estimate of drug-likeness (QED) is 0.242. The number of guanidine groups is 1. The van der Waals surface area contributed by atoms with Crippen LogP contribution in [0.15, 0.2) is 53.7 Å². The highest BCUT2D eigenvalue weighted by Crippen LogP contribution is 2.19. The fourth-order valence-electron chi connectivity index (χ4n) is 3.51. The molecule has 0 atom stereocenters. The van der Waals surface area contributed by atoms with Crippen molar-refractivity contribution in [2.45, 2.75) is 26.3 Å². The van der Waals surface area contributed by atoms with Crippen LogP contribution in [-0.2, 0) is 13.0 Å². The van der Waals surface area contributed by atoms with E-state index in [1.165, 1.54) is 11.1 Å². The zero-order valence-electron chi connectivity index (χ0n) is 18.2. The van der Waals surface area contributed by atoms with Gasteiger partial charge in [-0.3, -0.25) is 0 Å². The minimum Gasteiger partial charge on any atom is -0.357 e. The molecule has 0 unspecified atom stereocenters. The van der Waals surface area contributed by atoms with Gasteiger partial charge in [0.25, 0.3) is 0 Å². The lowest BCUT2D eigenvalue weighted by molar-refractivity contribution is 0.312. The Labute approximate surface area is 198 Å². The molecule has 1 aliphatic rings. The second-order valence-corrected chi connectivity index (χ2v) is 7.49. The Kier molecular flexibility index (Phi) is 10.9. The number of aryl methyl sites for hydroxylation is 1. The molecule has 3 rings (SSSR count). The second-order valence-electron chi connectivity index (χ2n) is 7.49. The molecule has 1 aromatic heterocycles. The Bertz CT molecular complexity index is 759. The number of aliphatic imine (C=N–C) groups is 1. The van der Waals surface area contributed by atoms with E-state index in [9.17, 15) is 0 Å². The highest BCUT2D eigenvalue weighted by Gasteiger charge is 2.17. The third-order valence-corrected chi connectivity index (χ3v) is 5.20. The Balaban J connectivity index is 0.00000320. The van der Waals surface area contributed by atoms with E-state index in [-0.39, 0.29) is 24.0 Å². The molecule has 2 aromatic rings. The van der Waals surface area contributed by atoms with Gasteiger partial charge in [0.05, 0.1) is 6.54 Å². The molecule has 1 saturated heterocycles. The smallest absolute Gasteiger partial charge is 0.191 e. The van der Waals surface area contributed by atoms with Crippen molar-refractivity contribution in [3.63, 3.8) is 0 Å². The van der Waals surface area contributed by atoms with E-state index in [1.54, 1.807) is 0 Å². The molecular formula is C23H35IN6. The first-order valence-corrected chi connectivity index (χ1v) is 10.7. The highest BCUT2D eigenvalue weighted by atomic mass is 127. The predicted octanol–water partition coefficient (Wildman–Crippen LogP) is 3.14. The number of nitrogens with zero attached hydrogens (tertiary/aromatic N) is 4. The Morgan fingerprint density at radius 3 is 2.53 bits per heavy atom. The van der Waals surface area contributed by atoms with Gasteiger partial charge in [-0.15, -0.1) is 24.0 Å². The summed E-state index contributed by atoms with van der Waals surface area (Å²) in [5.41, 5.74) is 2.56. The van der Waals surface area contributed by atoms with Gasteiger partial charge in [-0.05, 0) is 38.4 Å². The van der Waals surface area contributed by atoms with Crippen molar-refractivity contribution in [1.82, 2.24) is 20.5 Å². The van der Waals surface area contributed by atoms with E-state index < -0.39 is 0 Å². The van der Waals surface area contributed by atoms with Gasteiger partial charge in [0, 0.05) is 51.0 Å². The maximum absolute atomic E-state index is 4.82. The fraction of sp³-hybridized carbons (Fsp3) is 0.478. The van der Waals surface area contributed by atoms with Crippen molar-refractivity contribution in [3.8, 4) is 0 Å². The van der Waals surface area contributed by atoms with Crippen molar-refractivity contribution in [2.75, 3.05) is 51.2 Å². The third kappa shape index (κ3) is 7.75. The number of likely N-dealkylation sites (N-methyl/N-ethyl adjacent to an activating group) is 1. The van der Waals surface area contributed by atoms with E-state index in [0.717, 1.165) is 63.9 Å². The van der Waals surface area contributed by atoms with Crippen LogP contribution in [0.1, 0.15) is 24.5 Å². The maximum atomic E-state index is 4.82. The number of benzene rings is 1. The summed E-state index contributed by atoms with van der Waals surface area (Å²) >= 11 is 0. The topological polar surface area (TPSA) is 55.8 Å². The first-order valence-electron chi connectivity index (χ1n) is 10.7. The molecule has 1 aliphatic heterocycles. The number of halogens is 1. The number of hydrogen-bond donors (Lipinski definition) is 2. The minimum atomic E-state index is 0. The molecule has 6 nitrogen and oxygen atoms in total. The summed E-state index contributed by atoms with van der Waals surface area (Å²) in [7, 11) is 2.17. The molecule has 0 spiro atoms. The minimum absolute atomic E-state index is 0. The molecule has 0 amide bonds. The summed E-state index contributed by atoms with van der Waals surface area (Å²) in [6.07, 6.45) is 4.03. The highest BCUT2D eigenvalue weighted by molar-refractivity contribution is 14.0. The van der Waals surface area contributed by atoms with Crippen molar-refractivity contribution in [2.24, 2.45) is 4.99 Å². The molecule has 0 radical (unpaired) electrons. The zero-order valence-corrected chi connectivity index (χ0v) is 20.5. The Morgan fingerprint density at radius 2 is 1.80 bits per heavy atom. The van der Waals surface area contributed by atoms with E-state index >= 15 is 0 Å². The van der Waals surface area contributed by atoms with Gasteiger partial charge >= 0.3 is 0 Å². The van der Waals surface area contributed by atoms with E-state index in [2.05, 4.69) is 75.8 Å². The van der Waals surface area contributed by atoms with Crippen LogP contribution in [0.2, 0.25) is 0 Å². The molecule has 1 aromatic carbocycles. The molecule has 0 aliphatic carbocycles. The largest absolute Gasteiger partial charge is 0.357 e. The first kappa shape index (κ1) is 24.4. The van der Waals surface area contributed by atoms with Crippen molar-refractivity contribution in [1.29, 1.82) is 0 Å². The van der Waals surface area contributed by atoms with Crippen LogP contribution < -0.4 is 15.5 Å². The summed E-state index contributed by atoms with van der Waals surface area (Å²) in [5, 5.41) is 6.82. The van der Waals surface area contributed by atoms with Gasteiger partial charge in [-0.2, -0.15) is 0 Å². The average molecular weight is 522 g/mol. The average Bonchev–Trinajstić information content (AvgIpc) is 2.76. The molecule has 1 fully saturated rings. The second kappa shape index (κ2) is 13.4. The number of pyridine rings is 1. The van der Waals surface area contributed by atoms with Crippen LogP contribution in [0.25, 0.3) is 0 Å². The summed E-state index contributed by atoms with van der Waals surface area (Å²) < 4.78 is 0. The number of hydrogen-bond acceptors (Lipinski definition) is 4. The molecule has 30 heavy (non-hydrogen) atoms. The summed E-state index contributed by atoms with van der Waals surface area (Å²) in [5.74, 6) is 1.94. The van der Waals surface area contributed by atoms with E-state index in [1.807, 2.05) is 12.3 Å². The lowest BCUT2D eigenvalue weighted by atomic mass is 10.1. The predicted molar refractivity (Wildman–Crippen MR) is 137 cm³/mol. The molecule has 164 valence electrons. The van der Waals surface area contributed by atoms with Crippen LogP contribution in [0, 0.1) is 0 Å². The standard InChI is InChI=1S/C23H34N6.HI/c1-3-24-23(26-14-7-11-20-9-5-4-6-10-20)27-19-21-12-8-13-25-22(21)29-17-15-28(2)16-18-29;/h4-6,8-10,12-13H,3,7,11,14-19H2,1-2H3,(H2,24,26,27);1H. The number of nitrogens with one attached hydrogen (secondary N) is 2. The first-order chi connectivity index (χ1) is 14.3. The van der Waals surface area contributed by atoms with Crippen molar-refractivity contribution < 1.29 is 0 Å². The van der Waals surface area contributed by atoms with E-state index in [4.69, 9.17) is 4.99 Å². The van der Waals surface area contributed by atoms with Crippen LogP contribution >= 0.6 is 24.0 Å². The van der Waals surface area contributed by atoms with Crippen LogP contribution in [0.5, 0.6) is 0 Å². The number of aromatic nitrogens is 1. The van der Waals surface area contributed by atoms with Gasteiger partial charge in [0.1, 0.15) is 5.82 Å². The molecule has 2 N–H and O–H groups in total. The monoisotopic (exact) mass is 522 g/mol. The Morgan fingerprint density at radius 1 is 1.03 bits per heavy atom. The van der Waals surface area contributed by atoms with E-state index in [0.29, 0.717) is 6.54 Å². The van der Waals surface area contributed by atoms with Crippen LogP contribution in [0.3, 0.4) is 0 Å². The molecule has 2 heterocycles. The van der Waals surface area contributed by atoms with Gasteiger partial charge in [0.2, 0.25) is 0 Å². The normalized spacial score (nSPS) is 14.9. The molecule has 0 saturated carbocycles. The zero-order chi connectivity index (χ0) is 20.3. The summed E-state index contributed by atoms with van der Waals surface area (Å²) in [4.78, 5) is 14.2. The fourth-order valence-corrected chi connectivity index (χ4v) is 3.51. The van der Waals surface area contributed by atoms with Gasteiger partial charge in [-0.25, -0.2) is 9.98 Å².